The van der Waals surface area contributed by atoms with Gasteiger partial charge < -0.3 is 0 Å². The summed E-state index contributed by atoms with van der Waals surface area (Å²) in [5.74, 6) is 0. The monoisotopic (exact) mass is 484 g/mol. The summed E-state index contributed by atoms with van der Waals surface area (Å²) in [5, 5.41) is 0. The van der Waals surface area contributed by atoms with Gasteiger partial charge in [0.2, 0.25) is 0 Å². The molecule has 0 spiro atoms. The van der Waals surface area contributed by atoms with Crippen molar-refractivity contribution in [2.24, 2.45) is 0 Å². The summed E-state index contributed by atoms with van der Waals surface area (Å²) < 4.78 is 0. The highest BCUT2D eigenvalue weighted by Gasteiger charge is 2.12. The molecule has 0 aliphatic carbocycles. The van der Waals surface area contributed by atoms with Gasteiger partial charge in [0.1, 0.15) is 0 Å². The van der Waals surface area contributed by atoms with Crippen LogP contribution in [0.1, 0.15) is 0 Å². The third kappa shape index (κ3) is 3.87. The van der Waals surface area contributed by atoms with Crippen molar-refractivity contribution in [3.63, 3.8) is 0 Å². The Morgan fingerprint density at radius 1 is 0.375 bits per heavy atom. The zero-order valence-corrected chi connectivity index (χ0v) is 20.0. The Bertz CT molecular complexity index is 1360. The standard InChI is InChI=1S/C26H16N2S4/c1-3-17(15-27-13-1)19-5-7-21(29-19)23-9-11-25(31-23)26-12-10-24(32-26)22-8-6-20(30-22)18-4-2-14-28-16-18/h1-16H. The van der Waals surface area contributed by atoms with Crippen LogP contribution in [0.5, 0.6) is 0 Å². The summed E-state index contributed by atoms with van der Waals surface area (Å²) in [6, 6.07) is 26.0. The molecule has 6 aromatic heterocycles. The molecule has 6 heterocycles. The van der Waals surface area contributed by atoms with Gasteiger partial charge in [-0.05, 0) is 60.7 Å². The third-order valence-electron chi connectivity index (χ3n) is 5.04. The number of aromatic nitrogens is 2. The molecular formula is C26H16N2S4. The zero-order valence-electron chi connectivity index (χ0n) is 16.8. The lowest BCUT2D eigenvalue weighted by Gasteiger charge is -1.95. The molecule has 6 aromatic rings. The summed E-state index contributed by atoms with van der Waals surface area (Å²) in [5.41, 5.74) is 2.34. The van der Waals surface area contributed by atoms with Crippen molar-refractivity contribution >= 4 is 45.3 Å². The maximum absolute atomic E-state index is 4.24. The van der Waals surface area contributed by atoms with Crippen LogP contribution in [0.2, 0.25) is 0 Å². The van der Waals surface area contributed by atoms with Crippen LogP contribution < -0.4 is 0 Å². The SMILES string of the molecule is c1cncc(-c2ccc(-c3ccc(-c4ccc(-c5ccc(-c6cccnc6)s5)s4)s3)s2)c1. The molecule has 0 bridgehead atoms. The van der Waals surface area contributed by atoms with Crippen LogP contribution in [-0.2, 0) is 0 Å². The van der Waals surface area contributed by atoms with Crippen LogP contribution in [0, 0.1) is 0 Å². The van der Waals surface area contributed by atoms with Crippen molar-refractivity contribution < 1.29 is 0 Å². The highest BCUT2D eigenvalue weighted by Crippen LogP contribution is 2.44. The van der Waals surface area contributed by atoms with Crippen molar-refractivity contribution in [2.45, 2.75) is 0 Å². The van der Waals surface area contributed by atoms with Crippen molar-refractivity contribution in [3.8, 4) is 50.1 Å². The van der Waals surface area contributed by atoms with E-state index >= 15 is 0 Å². The van der Waals surface area contributed by atoms with Gasteiger partial charge in [-0.3, -0.25) is 9.97 Å². The number of nitrogens with zero attached hydrogens (tertiary/aromatic N) is 2. The lowest BCUT2D eigenvalue weighted by molar-refractivity contribution is 1.33. The molecule has 154 valence electrons. The van der Waals surface area contributed by atoms with Crippen LogP contribution in [-0.4, -0.2) is 9.97 Å². The Labute approximate surface area is 202 Å². The molecule has 0 aliphatic heterocycles. The number of thiophene rings is 4. The van der Waals surface area contributed by atoms with Crippen LogP contribution in [0.4, 0.5) is 0 Å². The maximum Gasteiger partial charge on any atom is 0.0449 e. The van der Waals surface area contributed by atoms with Gasteiger partial charge in [-0.15, -0.1) is 45.3 Å². The Morgan fingerprint density at radius 2 is 0.688 bits per heavy atom. The third-order valence-corrected chi connectivity index (χ3v) is 10.1. The first-order chi connectivity index (χ1) is 15.8. The predicted molar refractivity (Wildman–Crippen MR) is 141 cm³/mol. The molecule has 0 aromatic carbocycles. The highest BCUT2D eigenvalue weighted by molar-refractivity contribution is 7.29. The minimum absolute atomic E-state index is 1.17. The first kappa shape index (κ1) is 19.8. The largest absolute Gasteiger partial charge is 0.264 e. The summed E-state index contributed by atoms with van der Waals surface area (Å²) in [7, 11) is 0. The van der Waals surface area contributed by atoms with E-state index in [-0.39, 0.29) is 0 Å². The van der Waals surface area contributed by atoms with Crippen molar-refractivity contribution in [3.05, 3.63) is 97.6 Å². The second-order valence-electron chi connectivity index (χ2n) is 7.14. The summed E-state index contributed by atoms with van der Waals surface area (Å²) >= 11 is 7.36. The average molecular weight is 485 g/mol. The molecule has 0 saturated carbocycles. The number of rotatable bonds is 5. The number of hydrogen-bond donors (Lipinski definition) is 0. The van der Waals surface area contributed by atoms with E-state index in [0.29, 0.717) is 0 Å². The molecule has 6 rings (SSSR count). The summed E-state index contributed by atoms with van der Waals surface area (Å²) in [6.07, 6.45) is 7.48. The lowest BCUT2D eigenvalue weighted by Crippen LogP contribution is -1.72. The number of pyridine rings is 2. The van der Waals surface area contributed by atoms with Crippen LogP contribution >= 0.6 is 45.3 Å². The minimum atomic E-state index is 1.17. The molecule has 2 nitrogen and oxygen atoms in total. The van der Waals surface area contributed by atoms with Crippen LogP contribution in [0.3, 0.4) is 0 Å². The molecule has 0 aliphatic rings. The summed E-state index contributed by atoms with van der Waals surface area (Å²) in [6.45, 7) is 0. The predicted octanol–water partition coefficient (Wildman–Crippen LogP) is 9.06. The maximum atomic E-state index is 4.24. The topological polar surface area (TPSA) is 25.8 Å². The van der Waals surface area contributed by atoms with E-state index in [9.17, 15) is 0 Å². The van der Waals surface area contributed by atoms with Gasteiger partial charge in [0.15, 0.2) is 0 Å². The fourth-order valence-electron chi connectivity index (χ4n) is 3.47. The van der Waals surface area contributed by atoms with Gasteiger partial charge in [-0.25, -0.2) is 0 Å². The van der Waals surface area contributed by atoms with E-state index < -0.39 is 0 Å². The van der Waals surface area contributed by atoms with E-state index in [1.165, 1.54) is 50.1 Å². The molecule has 32 heavy (non-hydrogen) atoms. The quantitative estimate of drug-likeness (QED) is 0.244. The fourth-order valence-corrected chi connectivity index (χ4v) is 7.75. The van der Waals surface area contributed by atoms with Gasteiger partial charge in [-0.1, -0.05) is 12.1 Å². The molecule has 0 fully saturated rings. The van der Waals surface area contributed by atoms with Crippen molar-refractivity contribution in [2.75, 3.05) is 0 Å². The first-order valence-corrected chi connectivity index (χ1v) is 13.3. The normalized spacial score (nSPS) is 11.1. The van der Waals surface area contributed by atoms with Crippen LogP contribution in [0.25, 0.3) is 50.1 Å². The number of hydrogen-bond acceptors (Lipinski definition) is 6. The second kappa shape index (κ2) is 8.56. The Balaban J connectivity index is 1.24. The van der Waals surface area contributed by atoms with Gasteiger partial charge in [0, 0.05) is 74.9 Å². The fraction of sp³-hybridized carbons (Fsp3) is 0. The van der Waals surface area contributed by atoms with Crippen LogP contribution in [0.15, 0.2) is 97.6 Å². The van der Waals surface area contributed by atoms with Gasteiger partial charge in [0.25, 0.3) is 0 Å². The minimum Gasteiger partial charge on any atom is -0.264 e. The lowest BCUT2D eigenvalue weighted by atomic mass is 10.2. The van der Waals surface area contributed by atoms with Gasteiger partial charge in [-0.2, -0.15) is 0 Å². The van der Waals surface area contributed by atoms with E-state index in [0.717, 1.165) is 0 Å². The molecule has 0 unspecified atom stereocenters. The van der Waals surface area contributed by atoms with E-state index in [1.54, 1.807) is 0 Å². The Kier molecular flexibility index (Phi) is 5.29. The van der Waals surface area contributed by atoms with Gasteiger partial charge >= 0.3 is 0 Å². The second-order valence-corrected chi connectivity index (χ2v) is 11.5. The van der Waals surface area contributed by atoms with Crippen molar-refractivity contribution in [1.82, 2.24) is 9.97 Å². The van der Waals surface area contributed by atoms with E-state index in [4.69, 9.17) is 0 Å². The Hall–Kier alpha value is -2.90. The molecule has 0 atom stereocenters. The highest BCUT2D eigenvalue weighted by atomic mass is 32.1. The van der Waals surface area contributed by atoms with Gasteiger partial charge in [0.05, 0.1) is 0 Å². The molecule has 0 N–H and O–H groups in total. The molecule has 0 radical (unpaired) electrons. The summed E-state index contributed by atoms with van der Waals surface area (Å²) in [4.78, 5) is 18.8. The smallest absolute Gasteiger partial charge is 0.0449 e. The molecular weight excluding hydrogens is 469 g/mol. The molecule has 0 saturated heterocycles. The molecule has 0 amide bonds. The van der Waals surface area contributed by atoms with Crippen molar-refractivity contribution in [1.29, 1.82) is 0 Å². The zero-order chi connectivity index (χ0) is 21.3. The van der Waals surface area contributed by atoms with E-state index in [2.05, 4.69) is 70.6 Å². The molecule has 6 heteroatoms. The average Bonchev–Trinajstić information content (AvgIpc) is 3.65. The van der Waals surface area contributed by atoms with E-state index in [1.807, 2.05) is 82.3 Å². The first-order valence-electron chi connectivity index (χ1n) is 10.0. The Morgan fingerprint density at radius 3 is 1.00 bits per heavy atom.